The molecule has 0 N–H and O–H groups in total. The molecule has 9 nitrogen and oxygen atoms in total. The van der Waals surface area contributed by atoms with Crippen LogP contribution in [0.1, 0.15) is 20.8 Å². The Bertz CT molecular complexity index is 624. The van der Waals surface area contributed by atoms with Crippen molar-refractivity contribution < 1.29 is 39.4 Å². The normalized spacial score (nSPS) is 36.2. The van der Waals surface area contributed by atoms with Gasteiger partial charge in [0.05, 0.1) is 12.5 Å². The highest BCUT2D eigenvalue weighted by Crippen LogP contribution is 2.40. The monoisotopic (exact) mass is 360 g/mol. The van der Waals surface area contributed by atoms with Crippen molar-refractivity contribution in [1.29, 1.82) is 0 Å². The lowest BCUT2D eigenvalue weighted by molar-refractivity contribution is -0.220. The molecule has 0 aromatic carbocycles. The third-order valence-electron chi connectivity index (χ3n) is 3.10. The van der Waals surface area contributed by atoms with Gasteiger partial charge in [-0.2, -0.15) is 16.8 Å². The molecule has 0 aliphatic carbocycles. The molecule has 0 radical (unpaired) electrons. The second-order valence-corrected chi connectivity index (χ2v) is 9.04. The van der Waals surface area contributed by atoms with E-state index in [0.29, 0.717) is 0 Å². The molecule has 0 unspecified atom stereocenters. The molecule has 0 amide bonds. The highest BCUT2D eigenvalue weighted by molar-refractivity contribution is 7.86. The highest BCUT2D eigenvalue weighted by Gasteiger charge is 2.58. The van der Waals surface area contributed by atoms with E-state index in [1.807, 2.05) is 0 Å². The summed E-state index contributed by atoms with van der Waals surface area (Å²) in [6, 6.07) is 0. The molecule has 0 spiro atoms. The van der Waals surface area contributed by atoms with Gasteiger partial charge >= 0.3 is 0 Å². The Hall–Kier alpha value is -0.300. The number of rotatable bonds is 5. The third-order valence-corrected chi connectivity index (χ3v) is 4.33. The van der Waals surface area contributed by atoms with Crippen LogP contribution in [0.4, 0.5) is 0 Å². The molecule has 0 saturated carbocycles. The topological polar surface area (TPSA) is 114 Å². The third kappa shape index (κ3) is 4.37. The predicted octanol–water partition coefficient (Wildman–Crippen LogP) is -0.428. The maximum atomic E-state index is 11.5. The Morgan fingerprint density at radius 1 is 1.05 bits per heavy atom. The van der Waals surface area contributed by atoms with Crippen molar-refractivity contribution in [1.82, 2.24) is 0 Å². The lowest BCUT2D eigenvalue weighted by Gasteiger charge is -2.27. The van der Waals surface area contributed by atoms with E-state index in [4.69, 9.17) is 22.6 Å². The summed E-state index contributed by atoms with van der Waals surface area (Å²) in [5.41, 5.74) is 0. The molecule has 2 rings (SSSR count). The van der Waals surface area contributed by atoms with Crippen molar-refractivity contribution in [2.24, 2.45) is 0 Å². The van der Waals surface area contributed by atoms with E-state index in [2.05, 4.69) is 0 Å². The summed E-state index contributed by atoms with van der Waals surface area (Å²) in [5, 5.41) is 0. The molecule has 22 heavy (non-hydrogen) atoms. The number of ether oxygens (including phenoxy) is 3. The minimum atomic E-state index is -3.81. The fourth-order valence-corrected chi connectivity index (χ4v) is 3.81. The van der Waals surface area contributed by atoms with Crippen molar-refractivity contribution in [3.63, 3.8) is 0 Å². The fraction of sp³-hybridized carbons (Fsp3) is 1.00. The van der Waals surface area contributed by atoms with Crippen molar-refractivity contribution in [3.05, 3.63) is 0 Å². The van der Waals surface area contributed by atoms with Gasteiger partial charge in [-0.15, -0.1) is 0 Å². The quantitative estimate of drug-likeness (QED) is 0.602. The molecule has 2 heterocycles. The standard InChI is InChI=1S/C11H20O9S2/c1-6(19-21(4,12)13)7-8(20-22(5,14)15)9-10(16-7)18-11(2,3)17-9/h6-10H,1-5H3/t6-,7-,8+,9-,10-/m1/s1. The first-order valence-corrected chi connectivity index (χ1v) is 10.2. The van der Waals surface area contributed by atoms with Gasteiger partial charge in [-0.3, -0.25) is 8.37 Å². The maximum Gasteiger partial charge on any atom is 0.264 e. The Morgan fingerprint density at radius 2 is 1.64 bits per heavy atom. The second kappa shape index (κ2) is 5.65. The Balaban J connectivity index is 2.23. The molecule has 5 atom stereocenters. The van der Waals surface area contributed by atoms with E-state index in [9.17, 15) is 16.8 Å². The van der Waals surface area contributed by atoms with E-state index in [1.54, 1.807) is 13.8 Å². The summed E-state index contributed by atoms with van der Waals surface area (Å²) in [4.78, 5) is 0. The zero-order chi connectivity index (χ0) is 16.9. The molecule has 11 heteroatoms. The van der Waals surface area contributed by atoms with Crippen molar-refractivity contribution in [3.8, 4) is 0 Å². The van der Waals surface area contributed by atoms with Crippen LogP contribution in [0.25, 0.3) is 0 Å². The number of fused-ring (bicyclic) bond motifs is 1. The summed E-state index contributed by atoms with van der Waals surface area (Å²) in [6.45, 7) is 4.74. The van der Waals surface area contributed by atoms with Crippen LogP contribution >= 0.6 is 0 Å². The Labute approximate surface area is 130 Å². The molecular weight excluding hydrogens is 340 g/mol. The Morgan fingerprint density at radius 3 is 2.14 bits per heavy atom. The molecule has 2 saturated heterocycles. The summed E-state index contributed by atoms with van der Waals surface area (Å²) >= 11 is 0. The van der Waals surface area contributed by atoms with E-state index in [1.165, 1.54) is 6.92 Å². The zero-order valence-electron chi connectivity index (χ0n) is 12.9. The zero-order valence-corrected chi connectivity index (χ0v) is 14.5. The van der Waals surface area contributed by atoms with E-state index < -0.39 is 56.7 Å². The van der Waals surface area contributed by atoms with E-state index in [0.717, 1.165) is 12.5 Å². The first-order chi connectivity index (χ1) is 9.77. The van der Waals surface area contributed by atoms with Gasteiger partial charge in [0.2, 0.25) is 0 Å². The molecule has 2 aliphatic heterocycles. The van der Waals surface area contributed by atoms with Gasteiger partial charge < -0.3 is 14.2 Å². The van der Waals surface area contributed by atoms with Crippen LogP contribution < -0.4 is 0 Å². The maximum absolute atomic E-state index is 11.5. The van der Waals surface area contributed by atoms with Crippen LogP contribution in [-0.4, -0.2) is 65.8 Å². The average Bonchev–Trinajstić information content (AvgIpc) is 2.68. The Kier molecular flexibility index (Phi) is 4.64. The van der Waals surface area contributed by atoms with Crippen molar-refractivity contribution >= 4 is 20.2 Å². The average molecular weight is 360 g/mol. The van der Waals surface area contributed by atoms with Gasteiger partial charge in [-0.05, 0) is 20.8 Å². The highest BCUT2D eigenvalue weighted by atomic mass is 32.2. The largest absolute Gasteiger partial charge is 0.341 e. The van der Waals surface area contributed by atoms with Crippen LogP contribution in [0, 0.1) is 0 Å². The van der Waals surface area contributed by atoms with Crippen LogP contribution in [-0.2, 0) is 42.8 Å². The van der Waals surface area contributed by atoms with E-state index in [-0.39, 0.29) is 0 Å². The molecule has 0 aromatic heterocycles. The van der Waals surface area contributed by atoms with Gasteiger partial charge in [0.25, 0.3) is 20.2 Å². The summed E-state index contributed by atoms with van der Waals surface area (Å²) in [6.07, 6.45) is -2.91. The van der Waals surface area contributed by atoms with Crippen LogP contribution in [0.15, 0.2) is 0 Å². The van der Waals surface area contributed by atoms with E-state index >= 15 is 0 Å². The minimum Gasteiger partial charge on any atom is -0.341 e. The lowest BCUT2D eigenvalue weighted by Crippen LogP contribution is -2.44. The molecule has 0 aromatic rings. The van der Waals surface area contributed by atoms with Crippen molar-refractivity contribution in [2.75, 3.05) is 12.5 Å². The predicted molar refractivity (Wildman–Crippen MR) is 73.8 cm³/mol. The van der Waals surface area contributed by atoms with Gasteiger partial charge in [-0.1, -0.05) is 0 Å². The second-order valence-electron chi connectivity index (χ2n) is 5.84. The smallest absolute Gasteiger partial charge is 0.264 e. The molecule has 130 valence electrons. The first-order valence-electron chi connectivity index (χ1n) is 6.55. The molecule has 2 fully saturated rings. The first kappa shape index (κ1) is 18.0. The molecular formula is C11H20O9S2. The SMILES string of the molecule is C[C@@H](OS(C)(=O)=O)[C@H]1O[C@@H]2OC(C)(C)O[C@@H]2[C@H]1OS(C)(=O)=O. The molecule has 2 aliphatic rings. The van der Waals surface area contributed by atoms with Crippen LogP contribution in [0.2, 0.25) is 0 Å². The van der Waals surface area contributed by atoms with Gasteiger partial charge in [0, 0.05) is 0 Å². The fourth-order valence-electron chi connectivity index (χ4n) is 2.52. The lowest BCUT2D eigenvalue weighted by atomic mass is 10.1. The number of hydrogen-bond donors (Lipinski definition) is 0. The summed E-state index contributed by atoms with van der Waals surface area (Å²) < 4.78 is 71.9. The summed E-state index contributed by atoms with van der Waals surface area (Å²) in [7, 11) is -7.56. The number of hydrogen-bond acceptors (Lipinski definition) is 9. The van der Waals surface area contributed by atoms with Crippen LogP contribution in [0.5, 0.6) is 0 Å². The van der Waals surface area contributed by atoms with Crippen LogP contribution in [0.3, 0.4) is 0 Å². The van der Waals surface area contributed by atoms with Gasteiger partial charge in [0.1, 0.15) is 24.4 Å². The van der Waals surface area contributed by atoms with Gasteiger partial charge in [0.15, 0.2) is 12.1 Å². The summed E-state index contributed by atoms with van der Waals surface area (Å²) in [5.74, 6) is -0.958. The van der Waals surface area contributed by atoms with Gasteiger partial charge in [-0.25, -0.2) is 0 Å². The molecule has 0 bridgehead atoms. The minimum absolute atomic E-state index is 0.805. The van der Waals surface area contributed by atoms with Crippen molar-refractivity contribution in [2.45, 2.75) is 57.3 Å².